The Balaban J connectivity index is 0.000000810. The highest BCUT2D eigenvalue weighted by Gasteiger charge is 2.35. The summed E-state index contributed by atoms with van der Waals surface area (Å²) in [6.45, 7) is 3.14. The summed E-state index contributed by atoms with van der Waals surface area (Å²) in [6.07, 6.45) is 0.877. The lowest BCUT2D eigenvalue weighted by atomic mass is 9.89. The van der Waals surface area contributed by atoms with Crippen LogP contribution in [0.3, 0.4) is 0 Å². The van der Waals surface area contributed by atoms with Crippen LogP contribution in [-0.4, -0.2) is 19.0 Å². The molecule has 3 nitrogen and oxygen atoms in total. The van der Waals surface area contributed by atoms with Crippen molar-refractivity contribution in [3.63, 3.8) is 0 Å². The molecule has 4 heteroatoms. The molecule has 1 atom stereocenters. The molecule has 3 N–H and O–H groups in total. The molecule has 1 fully saturated rings. The van der Waals surface area contributed by atoms with Crippen LogP contribution in [0.25, 0.3) is 0 Å². The number of halogens is 1. The van der Waals surface area contributed by atoms with E-state index in [1.165, 1.54) is 0 Å². The Hall–Kier alpha value is -0.280. The Labute approximate surface area is 66.8 Å². The minimum Gasteiger partial charge on any atom is -0.356 e. The number of hydrogen-bond donors (Lipinski definition) is 2. The lowest BCUT2D eigenvalue weighted by Gasteiger charge is -2.15. The van der Waals surface area contributed by atoms with Crippen molar-refractivity contribution in [2.24, 2.45) is 11.1 Å². The summed E-state index contributed by atoms with van der Waals surface area (Å²) in [5.41, 5.74) is 5.12. The fourth-order valence-electron chi connectivity index (χ4n) is 0.974. The third-order valence-corrected chi connectivity index (χ3v) is 1.96. The maximum Gasteiger partial charge on any atom is 0.227 e. The van der Waals surface area contributed by atoms with Gasteiger partial charge in [-0.2, -0.15) is 0 Å². The van der Waals surface area contributed by atoms with Crippen LogP contribution >= 0.6 is 12.4 Å². The zero-order valence-electron chi connectivity index (χ0n) is 6.02. The van der Waals surface area contributed by atoms with Crippen molar-refractivity contribution < 1.29 is 4.79 Å². The zero-order chi connectivity index (χ0) is 6.91. The van der Waals surface area contributed by atoms with Gasteiger partial charge < -0.3 is 11.1 Å². The van der Waals surface area contributed by atoms with Crippen molar-refractivity contribution in [3.8, 4) is 0 Å². The number of amides is 1. The number of rotatable bonds is 1. The Morgan fingerprint density at radius 2 is 2.40 bits per heavy atom. The minimum absolute atomic E-state index is 0. The molecule has 1 saturated heterocycles. The van der Waals surface area contributed by atoms with Gasteiger partial charge in [-0.15, -0.1) is 12.4 Å². The predicted octanol–water partition coefficient (Wildman–Crippen LogP) is -0.107. The van der Waals surface area contributed by atoms with Crippen molar-refractivity contribution in [2.45, 2.75) is 13.3 Å². The summed E-state index contributed by atoms with van der Waals surface area (Å²) in [5.74, 6) is 0.102. The monoisotopic (exact) mass is 164 g/mol. The second-order valence-corrected chi connectivity index (χ2v) is 2.77. The van der Waals surface area contributed by atoms with Crippen molar-refractivity contribution in [3.05, 3.63) is 0 Å². The van der Waals surface area contributed by atoms with Crippen LogP contribution in [0.15, 0.2) is 0 Å². The van der Waals surface area contributed by atoms with Gasteiger partial charge >= 0.3 is 0 Å². The first-order valence-electron chi connectivity index (χ1n) is 3.17. The molecule has 1 unspecified atom stereocenters. The van der Waals surface area contributed by atoms with Crippen LogP contribution in [0, 0.1) is 5.41 Å². The second kappa shape index (κ2) is 3.21. The predicted molar refractivity (Wildman–Crippen MR) is 42.0 cm³/mol. The normalized spacial score (nSPS) is 31.2. The largest absolute Gasteiger partial charge is 0.356 e. The van der Waals surface area contributed by atoms with E-state index in [0.29, 0.717) is 6.54 Å². The van der Waals surface area contributed by atoms with Gasteiger partial charge in [0.2, 0.25) is 5.91 Å². The molecular weight excluding hydrogens is 152 g/mol. The molecule has 0 radical (unpaired) electrons. The first-order valence-corrected chi connectivity index (χ1v) is 3.17. The van der Waals surface area contributed by atoms with E-state index in [4.69, 9.17) is 5.73 Å². The molecule has 0 spiro atoms. The van der Waals surface area contributed by atoms with Gasteiger partial charge in [-0.25, -0.2) is 0 Å². The van der Waals surface area contributed by atoms with Crippen molar-refractivity contribution in [1.29, 1.82) is 0 Å². The molecule has 1 rings (SSSR count). The number of nitrogens with two attached hydrogens (primary N) is 1. The van der Waals surface area contributed by atoms with Crippen LogP contribution in [0.5, 0.6) is 0 Å². The highest BCUT2D eigenvalue weighted by Crippen LogP contribution is 2.23. The number of hydrogen-bond acceptors (Lipinski definition) is 2. The fourth-order valence-corrected chi connectivity index (χ4v) is 0.974. The highest BCUT2D eigenvalue weighted by molar-refractivity contribution is 5.85. The molecule has 0 aromatic rings. The molecule has 1 aliphatic heterocycles. The summed E-state index contributed by atoms with van der Waals surface area (Å²) in [4.78, 5) is 10.9. The smallest absolute Gasteiger partial charge is 0.227 e. The van der Waals surface area contributed by atoms with Gasteiger partial charge in [0.25, 0.3) is 0 Å². The van der Waals surface area contributed by atoms with E-state index in [1.807, 2.05) is 6.92 Å². The molecule has 60 valence electrons. The third kappa shape index (κ3) is 1.41. The summed E-state index contributed by atoms with van der Waals surface area (Å²) in [6, 6.07) is 0. The molecule has 0 saturated carbocycles. The average molecular weight is 165 g/mol. The third-order valence-electron chi connectivity index (χ3n) is 1.96. The van der Waals surface area contributed by atoms with Gasteiger partial charge in [0.05, 0.1) is 5.41 Å². The molecule has 0 aliphatic carbocycles. The summed E-state index contributed by atoms with van der Waals surface area (Å²) in [5, 5.41) is 2.74. The topological polar surface area (TPSA) is 55.1 Å². The van der Waals surface area contributed by atoms with Gasteiger partial charge in [-0.3, -0.25) is 4.79 Å². The van der Waals surface area contributed by atoms with Gasteiger partial charge in [-0.1, -0.05) is 0 Å². The van der Waals surface area contributed by atoms with Crippen molar-refractivity contribution in [1.82, 2.24) is 5.32 Å². The number of nitrogens with one attached hydrogen (secondary N) is 1. The Morgan fingerprint density at radius 3 is 2.60 bits per heavy atom. The van der Waals surface area contributed by atoms with E-state index in [2.05, 4.69) is 5.32 Å². The molecule has 1 aliphatic rings. The first kappa shape index (κ1) is 9.72. The standard InChI is InChI=1S/C6H12N2O.ClH/c1-6(4-7)2-3-8-5(6)9;/h2-4,7H2,1H3,(H,8,9);1H. The molecule has 1 amide bonds. The minimum atomic E-state index is -0.278. The SMILES string of the molecule is CC1(CN)CCNC1=O.Cl. The quantitative estimate of drug-likeness (QED) is 0.569. The van der Waals surface area contributed by atoms with Gasteiger partial charge in [0, 0.05) is 13.1 Å². The van der Waals surface area contributed by atoms with Crippen LogP contribution in [-0.2, 0) is 4.79 Å². The van der Waals surface area contributed by atoms with Crippen molar-refractivity contribution in [2.75, 3.05) is 13.1 Å². The maximum atomic E-state index is 10.9. The average Bonchev–Trinajstić information content (AvgIpc) is 2.15. The Bertz CT molecular complexity index is 140. The molecule has 10 heavy (non-hydrogen) atoms. The van der Waals surface area contributed by atoms with E-state index in [9.17, 15) is 4.79 Å². The van der Waals surface area contributed by atoms with Crippen LogP contribution in [0.1, 0.15) is 13.3 Å². The highest BCUT2D eigenvalue weighted by atomic mass is 35.5. The Morgan fingerprint density at radius 1 is 1.80 bits per heavy atom. The van der Waals surface area contributed by atoms with Gasteiger partial charge in [-0.05, 0) is 13.3 Å². The van der Waals surface area contributed by atoms with Crippen LogP contribution in [0.4, 0.5) is 0 Å². The summed E-state index contributed by atoms with van der Waals surface area (Å²) >= 11 is 0. The van der Waals surface area contributed by atoms with E-state index in [1.54, 1.807) is 0 Å². The van der Waals surface area contributed by atoms with Crippen molar-refractivity contribution >= 4 is 18.3 Å². The lowest BCUT2D eigenvalue weighted by molar-refractivity contribution is -0.126. The van der Waals surface area contributed by atoms with Gasteiger partial charge in [0.1, 0.15) is 0 Å². The Kier molecular flexibility index (Phi) is 3.12. The van der Waals surface area contributed by atoms with E-state index >= 15 is 0 Å². The van der Waals surface area contributed by atoms with Crippen LogP contribution < -0.4 is 11.1 Å². The number of carbonyl (C=O) groups excluding carboxylic acids is 1. The summed E-state index contributed by atoms with van der Waals surface area (Å²) in [7, 11) is 0. The molecule has 0 aromatic carbocycles. The zero-order valence-corrected chi connectivity index (χ0v) is 6.83. The first-order chi connectivity index (χ1) is 4.19. The van der Waals surface area contributed by atoms with Crippen LogP contribution in [0.2, 0.25) is 0 Å². The molecule has 0 bridgehead atoms. The van der Waals surface area contributed by atoms with E-state index in [0.717, 1.165) is 13.0 Å². The van der Waals surface area contributed by atoms with Gasteiger partial charge in [0.15, 0.2) is 0 Å². The summed E-state index contributed by atoms with van der Waals surface area (Å²) < 4.78 is 0. The fraction of sp³-hybridized carbons (Fsp3) is 0.833. The molecule has 0 aromatic heterocycles. The number of carbonyl (C=O) groups is 1. The second-order valence-electron chi connectivity index (χ2n) is 2.77. The maximum absolute atomic E-state index is 10.9. The van der Waals surface area contributed by atoms with E-state index in [-0.39, 0.29) is 23.7 Å². The molecule has 1 heterocycles. The van der Waals surface area contributed by atoms with E-state index < -0.39 is 0 Å². The molecular formula is C6H13ClN2O. The lowest BCUT2D eigenvalue weighted by Crippen LogP contribution is -2.35.